The molecule has 13 heteroatoms. The highest BCUT2D eigenvalue weighted by Crippen LogP contribution is 2.32. The average molecular weight is 536 g/mol. The third kappa shape index (κ3) is 6.66. The first-order valence-electron chi connectivity index (χ1n) is 11.3. The molecule has 0 atom stereocenters. The number of rotatable bonds is 10. The van der Waals surface area contributed by atoms with Crippen molar-refractivity contribution < 1.29 is 18.3 Å². The van der Waals surface area contributed by atoms with E-state index in [2.05, 4.69) is 24.6 Å². The zero-order valence-corrected chi connectivity index (χ0v) is 21.5. The minimum absolute atomic E-state index is 0.0173. The van der Waals surface area contributed by atoms with Crippen molar-refractivity contribution in [2.24, 2.45) is 0 Å². The molecule has 4 rings (SSSR count). The van der Waals surface area contributed by atoms with Crippen LogP contribution in [-0.4, -0.2) is 76.3 Å². The lowest BCUT2D eigenvalue weighted by Crippen LogP contribution is -2.35. The predicted octanol–water partition coefficient (Wildman–Crippen LogP) is 3.55. The van der Waals surface area contributed by atoms with Crippen molar-refractivity contribution in [3.8, 4) is 6.01 Å². The van der Waals surface area contributed by atoms with E-state index in [4.69, 9.17) is 10.5 Å². The second-order valence-electron chi connectivity index (χ2n) is 8.45. The Morgan fingerprint density at radius 3 is 2.56 bits per heavy atom. The first-order chi connectivity index (χ1) is 17.3. The van der Waals surface area contributed by atoms with Gasteiger partial charge in [-0.15, -0.1) is 0 Å². The molecule has 0 bridgehead atoms. The monoisotopic (exact) mass is 535 g/mol. The van der Waals surface area contributed by atoms with Crippen LogP contribution < -0.4 is 15.8 Å². The van der Waals surface area contributed by atoms with Crippen LogP contribution >= 0.6 is 23.3 Å². The molecule has 1 aliphatic rings. The molecule has 192 valence electrons. The molecule has 9 nitrogen and oxygen atoms in total. The lowest BCUT2D eigenvalue weighted by Gasteiger charge is -2.31. The average Bonchev–Trinajstić information content (AvgIpc) is 3.21. The van der Waals surface area contributed by atoms with Crippen LogP contribution in [0.4, 0.5) is 19.7 Å². The number of ether oxygens (including phenoxy) is 1. The molecule has 3 aromatic rings. The maximum Gasteiger partial charge on any atom is 0.316 e. The molecule has 0 radical (unpaired) electrons. The third-order valence-corrected chi connectivity index (χ3v) is 7.49. The number of likely N-dealkylation sites (N-methyl/N-ethyl adjacent to an activating group) is 1. The summed E-state index contributed by atoms with van der Waals surface area (Å²) in [6.07, 6.45) is 5.18. The lowest BCUT2D eigenvalue weighted by molar-refractivity contribution is 0.103. The van der Waals surface area contributed by atoms with Crippen LogP contribution in [0.2, 0.25) is 0 Å². The van der Waals surface area contributed by atoms with Crippen LogP contribution in [0.5, 0.6) is 6.01 Å². The standard InChI is InChI=1S/C23H27F2N7O2S2/c1-31(2)10-11-34-22-27-12-15(13-28-22)36-32-8-6-14(7-9-32)29-23-30-21(26)20(35-23)19(33)18-16(24)4-3-5-17(18)25/h3-5,12-14H,6-11,26H2,1-2H3,(H,29,30). The number of anilines is 2. The van der Waals surface area contributed by atoms with Crippen LogP contribution in [0.15, 0.2) is 35.5 Å². The number of thiazole rings is 1. The van der Waals surface area contributed by atoms with Gasteiger partial charge in [0.1, 0.15) is 28.9 Å². The van der Waals surface area contributed by atoms with Crippen LogP contribution in [-0.2, 0) is 0 Å². The molecule has 1 saturated heterocycles. The number of ketones is 1. The zero-order valence-electron chi connectivity index (χ0n) is 19.9. The molecule has 36 heavy (non-hydrogen) atoms. The third-order valence-electron chi connectivity index (χ3n) is 5.44. The Labute approximate surface area is 216 Å². The van der Waals surface area contributed by atoms with E-state index in [0.717, 1.165) is 60.8 Å². The number of piperidine rings is 1. The van der Waals surface area contributed by atoms with Gasteiger partial charge >= 0.3 is 6.01 Å². The summed E-state index contributed by atoms with van der Waals surface area (Å²) in [4.78, 5) is 28.4. The summed E-state index contributed by atoms with van der Waals surface area (Å²) in [5.74, 6) is -2.71. The van der Waals surface area contributed by atoms with Crippen LogP contribution in [0.3, 0.4) is 0 Å². The molecular weight excluding hydrogens is 508 g/mol. The Kier molecular flexibility index (Phi) is 8.67. The molecule has 3 N–H and O–H groups in total. The van der Waals surface area contributed by atoms with Crippen molar-refractivity contribution in [1.29, 1.82) is 0 Å². The first-order valence-corrected chi connectivity index (χ1v) is 12.9. The second kappa shape index (κ2) is 11.9. The van der Waals surface area contributed by atoms with Gasteiger partial charge in [-0.25, -0.2) is 28.0 Å². The Balaban J connectivity index is 1.27. The summed E-state index contributed by atoms with van der Waals surface area (Å²) < 4.78 is 35.8. The fraction of sp³-hybridized carbons (Fsp3) is 0.391. The number of nitrogen functional groups attached to an aromatic ring is 1. The van der Waals surface area contributed by atoms with Gasteiger partial charge in [0.25, 0.3) is 0 Å². The van der Waals surface area contributed by atoms with Crippen molar-refractivity contribution in [3.05, 3.63) is 52.7 Å². The van der Waals surface area contributed by atoms with Crippen molar-refractivity contribution in [1.82, 2.24) is 24.2 Å². The fourth-order valence-corrected chi connectivity index (χ4v) is 5.34. The van der Waals surface area contributed by atoms with Gasteiger partial charge in [-0.1, -0.05) is 17.4 Å². The first kappa shape index (κ1) is 26.2. The molecule has 0 aliphatic carbocycles. The minimum Gasteiger partial charge on any atom is -0.462 e. The maximum absolute atomic E-state index is 14.0. The molecule has 3 heterocycles. The summed E-state index contributed by atoms with van der Waals surface area (Å²) in [6, 6.07) is 3.78. The number of carbonyl (C=O) groups is 1. The summed E-state index contributed by atoms with van der Waals surface area (Å²) >= 11 is 2.59. The van der Waals surface area contributed by atoms with Crippen LogP contribution in [0.25, 0.3) is 0 Å². The number of nitrogens with zero attached hydrogens (tertiary/aromatic N) is 5. The van der Waals surface area contributed by atoms with Gasteiger partial charge in [0, 0.05) is 38.1 Å². The summed E-state index contributed by atoms with van der Waals surface area (Å²) in [5.41, 5.74) is 5.28. The molecule has 0 spiro atoms. The van der Waals surface area contributed by atoms with Crippen molar-refractivity contribution >= 4 is 40.0 Å². The Morgan fingerprint density at radius 2 is 1.92 bits per heavy atom. The smallest absolute Gasteiger partial charge is 0.316 e. The second-order valence-corrected chi connectivity index (χ2v) is 10.6. The van der Waals surface area contributed by atoms with Gasteiger partial charge in [0.05, 0.1) is 10.5 Å². The predicted molar refractivity (Wildman–Crippen MR) is 136 cm³/mol. The number of carbonyl (C=O) groups excluding carboxylic acids is 1. The van der Waals surface area contributed by atoms with E-state index >= 15 is 0 Å². The Morgan fingerprint density at radius 1 is 1.25 bits per heavy atom. The molecule has 2 aromatic heterocycles. The number of halogens is 2. The minimum atomic E-state index is -0.927. The molecular formula is C23H27F2N7O2S2. The van der Waals surface area contributed by atoms with E-state index in [0.29, 0.717) is 17.7 Å². The van der Waals surface area contributed by atoms with E-state index in [1.54, 1.807) is 24.3 Å². The fourth-order valence-electron chi connectivity index (χ4n) is 3.55. The number of benzene rings is 1. The van der Waals surface area contributed by atoms with E-state index in [1.165, 1.54) is 6.07 Å². The van der Waals surface area contributed by atoms with Gasteiger partial charge in [0.15, 0.2) is 5.13 Å². The SMILES string of the molecule is CN(C)CCOc1ncc(SN2CCC(Nc3nc(N)c(C(=O)c4c(F)cccc4F)s3)CC2)cn1. The largest absolute Gasteiger partial charge is 0.462 e. The number of nitrogens with one attached hydrogen (secondary N) is 1. The highest BCUT2D eigenvalue weighted by molar-refractivity contribution is 7.97. The zero-order chi connectivity index (χ0) is 25.7. The molecule has 1 aliphatic heterocycles. The molecule has 0 amide bonds. The van der Waals surface area contributed by atoms with E-state index in [1.807, 2.05) is 19.0 Å². The maximum atomic E-state index is 14.0. The van der Waals surface area contributed by atoms with Gasteiger partial charge < -0.3 is 20.7 Å². The lowest BCUT2D eigenvalue weighted by atomic mass is 10.1. The molecule has 0 saturated carbocycles. The highest BCUT2D eigenvalue weighted by atomic mass is 32.2. The Bertz CT molecular complexity index is 1170. The molecule has 1 aromatic carbocycles. The van der Waals surface area contributed by atoms with E-state index < -0.39 is 23.0 Å². The van der Waals surface area contributed by atoms with Gasteiger partial charge in [-0.3, -0.25) is 4.79 Å². The topological polar surface area (TPSA) is 110 Å². The van der Waals surface area contributed by atoms with Gasteiger partial charge in [-0.2, -0.15) is 0 Å². The van der Waals surface area contributed by atoms with E-state index in [-0.39, 0.29) is 16.7 Å². The van der Waals surface area contributed by atoms with E-state index in [9.17, 15) is 13.6 Å². The van der Waals surface area contributed by atoms with Gasteiger partial charge in [0.2, 0.25) is 5.78 Å². The number of hydrogen-bond donors (Lipinski definition) is 2. The Hall–Kier alpha value is -2.87. The summed E-state index contributed by atoms with van der Waals surface area (Å²) in [6.45, 7) is 2.95. The van der Waals surface area contributed by atoms with Crippen LogP contribution in [0, 0.1) is 11.6 Å². The van der Waals surface area contributed by atoms with Crippen molar-refractivity contribution in [2.75, 3.05) is 51.4 Å². The highest BCUT2D eigenvalue weighted by Gasteiger charge is 2.26. The van der Waals surface area contributed by atoms with Crippen LogP contribution in [0.1, 0.15) is 28.1 Å². The van der Waals surface area contributed by atoms with Crippen molar-refractivity contribution in [2.45, 2.75) is 23.8 Å². The molecule has 0 unspecified atom stereocenters. The normalized spacial score (nSPS) is 14.8. The summed E-state index contributed by atoms with van der Waals surface area (Å²) in [7, 11) is 3.95. The molecule has 1 fully saturated rings. The quantitative estimate of drug-likeness (QED) is 0.295. The number of hydrogen-bond acceptors (Lipinski definition) is 11. The summed E-state index contributed by atoms with van der Waals surface area (Å²) in [5, 5.41) is 3.76. The number of aromatic nitrogens is 3. The van der Waals surface area contributed by atoms with Crippen molar-refractivity contribution in [3.63, 3.8) is 0 Å². The number of nitrogens with two attached hydrogens (primary N) is 1. The van der Waals surface area contributed by atoms with Gasteiger partial charge in [-0.05, 0) is 51.0 Å².